The molecule has 1 aliphatic carbocycles. The van der Waals surface area contributed by atoms with Crippen LogP contribution in [-0.2, 0) is 9.59 Å². The third-order valence-corrected chi connectivity index (χ3v) is 6.06. The number of imide groups is 1. The number of amides is 4. The number of hydrogen-bond donors (Lipinski definition) is 3. The van der Waals surface area contributed by atoms with Crippen molar-refractivity contribution in [1.82, 2.24) is 10.2 Å². The van der Waals surface area contributed by atoms with Crippen LogP contribution in [0.25, 0.3) is 5.57 Å². The highest BCUT2D eigenvalue weighted by Gasteiger charge is 2.45. The van der Waals surface area contributed by atoms with E-state index < -0.39 is 42.5 Å². The van der Waals surface area contributed by atoms with E-state index in [1.807, 2.05) is 42.5 Å². The Labute approximate surface area is 203 Å². The van der Waals surface area contributed by atoms with Crippen molar-refractivity contribution < 1.29 is 29.0 Å². The normalized spacial score (nSPS) is 20.2. The molecule has 0 radical (unpaired) electrons. The van der Waals surface area contributed by atoms with E-state index in [0.29, 0.717) is 17.9 Å². The molecule has 1 saturated heterocycles. The minimum atomic E-state index is -1.16. The summed E-state index contributed by atoms with van der Waals surface area (Å²) in [6.45, 7) is -0.463. The average molecular weight is 478 g/mol. The van der Waals surface area contributed by atoms with Crippen LogP contribution in [0.2, 0.25) is 0 Å². The Morgan fingerprint density at radius 2 is 1.89 bits per heavy atom. The first-order valence-corrected chi connectivity index (χ1v) is 11.1. The number of aliphatic hydroxyl groups excluding tert-OH is 1. The van der Waals surface area contributed by atoms with Crippen LogP contribution in [-0.4, -0.2) is 60.8 Å². The fourth-order valence-electron chi connectivity index (χ4n) is 4.16. The number of benzene rings is 2. The molecule has 2 aromatic carbocycles. The minimum Gasteiger partial charge on any atom is -0.497 e. The molecule has 0 bridgehead atoms. The van der Waals surface area contributed by atoms with Crippen LogP contribution in [0.5, 0.6) is 11.5 Å². The molecular formula is C26H27N3O6. The van der Waals surface area contributed by atoms with Crippen molar-refractivity contribution in [2.24, 2.45) is 5.92 Å². The van der Waals surface area contributed by atoms with Gasteiger partial charge in [-0.2, -0.15) is 0 Å². The Kier molecular flexibility index (Phi) is 7.17. The van der Waals surface area contributed by atoms with E-state index in [1.54, 1.807) is 31.4 Å². The van der Waals surface area contributed by atoms with Crippen molar-refractivity contribution in [2.75, 3.05) is 26.1 Å². The number of urea groups is 1. The molecular weight excluding hydrogens is 450 g/mol. The fourth-order valence-corrected chi connectivity index (χ4v) is 4.16. The lowest BCUT2D eigenvalue weighted by Gasteiger charge is -2.27. The van der Waals surface area contributed by atoms with E-state index in [1.165, 1.54) is 7.11 Å². The topological polar surface area (TPSA) is 117 Å². The number of hydrogen-bond acceptors (Lipinski definition) is 6. The first kappa shape index (κ1) is 24.0. The van der Waals surface area contributed by atoms with Crippen molar-refractivity contribution >= 4 is 29.1 Å². The number of carbonyl (C=O) groups is 3. The number of rotatable bonds is 8. The maximum Gasteiger partial charge on any atom is 0.325 e. The van der Waals surface area contributed by atoms with Crippen LogP contribution in [0, 0.1) is 5.92 Å². The molecule has 182 valence electrons. The number of allylic oxidation sites excluding steroid dienone is 3. The molecule has 35 heavy (non-hydrogen) atoms. The number of ether oxygens (including phenoxy) is 2. The summed E-state index contributed by atoms with van der Waals surface area (Å²) in [6.07, 6.45) is 4.90. The first-order valence-electron chi connectivity index (χ1n) is 11.1. The molecule has 1 fully saturated rings. The molecule has 9 nitrogen and oxygen atoms in total. The summed E-state index contributed by atoms with van der Waals surface area (Å²) in [5.41, 5.74) is 2.43. The largest absolute Gasteiger partial charge is 0.497 e. The predicted octanol–water partition coefficient (Wildman–Crippen LogP) is 2.58. The van der Waals surface area contributed by atoms with Gasteiger partial charge in [-0.15, -0.1) is 0 Å². The maximum absolute atomic E-state index is 12.9. The molecule has 4 rings (SSSR count). The lowest BCUT2D eigenvalue weighted by Crippen LogP contribution is -2.45. The highest BCUT2D eigenvalue weighted by atomic mass is 16.5. The third kappa shape index (κ3) is 5.36. The molecule has 3 unspecified atom stereocenters. The quantitative estimate of drug-likeness (QED) is 0.503. The van der Waals surface area contributed by atoms with Gasteiger partial charge in [0, 0.05) is 11.6 Å². The molecule has 0 aromatic heterocycles. The number of carbonyl (C=O) groups excluding carboxylic acids is 3. The van der Waals surface area contributed by atoms with E-state index in [0.717, 1.165) is 21.8 Å². The molecule has 0 spiro atoms. The summed E-state index contributed by atoms with van der Waals surface area (Å²) in [5.74, 6) is -0.219. The molecule has 4 amide bonds. The number of nitrogens with zero attached hydrogens (tertiary/aromatic N) is 1. The van der Waals surface area contributed by atoms with Gasteiger partial charge < -0.3 is 25.2 Å². The molecule has 9 heteroatoms. The second-order valence-electron chi connectivity index (χ2n) is 8.30. The van der Waals surface area contributed by atoms with Crippen LogP contribution in [0.15, 0.2) is 66.8 Å². The Morgan fingerprint density at radius 3 is 2.60 bits per heavy atom. The highest BCUT2D eigenvalue weighted by Crippen LogP contribution is 2.32. The van der Waals surface area contributed by atoms with Crippen molar-refractivity contribution in [1.29, 1.82) is 0 Å². The lowest BCUT2D eigenvalue weighted by molar-refractivity contribution is -0.133. The molecule has 3 N–H and O–H groups in total. The van der Waals surface area contributed by atoms with E-state index in [2.05, 4.69) is 10.6 Å². The van der Waals surface area contributed by atoms with Crippen LogP contribution >= 0.6 is 0 Å². The SMILES string of the molecule is COc1ccc(NC(=O)CN2C(=O)NC(C(O)C3C=CC=C(c4cccc(OC)c4)C3)C2=O)cc1. The summed E-state index contributed by atoms with van der Waals surface area (Å²) >= 11 is 0. The second-order valence-corrected chi connectivity index (χ2v) is 8.30. The van der Waals surface area contributed by atoms with Gasteiger partial charge in [0.1, 0.15) is 24.1 Å². The van der Waals surface area contributed by atoms with E-state index in [-0.39, 0.29) is 0 Å². The average Bonchev–Trinajstić information content (AvgIpc) is 3.17. The van der Waals surface area contributed by atoms with E-state index in [4.69, 9.17) is 9.47 Å². The fraction of sp³-hybridized carbons (Fsp3) is 0.269. The van der Waals surface area contributed by atoms with Gasteiger partial charge in [-0.3, -0.25) is 14.5 Å². The van der Waals surface area contributed by atoms with Crippen LogP contribution in [0.4, 0.5) is 10.5 Å². The van der Waals surface area contributed by atoms with Gasteiger partial charge in [-0.1, -0.05) is 30.4 Å². The van der Waals surface area contributed by atoms with Crippen molar-refractivity contribution in [3.63, 3.8) is 0 Å². The van der Waals surface area contributed by atoms with Crippen molar-refractivity contribution in [3.05, 3.63) is 72.3 Å². The van der Waals surface area contributed by atoms with E-state index >= 15 is 0 Å². The highest BCUT2D eigenvalue weighted by molar-refractivity contribution is 6.08. The Bertz CT molecular complexity index is 1170. The summed E-state index contributed by atoms with van der Waals surface area (Å²) in [7, 11) is 3.13. The van der Waals surface area contributed by atoms with Crippen LogP contribution < -0.4 is 20.1 Å². The summed E-state index contributed by atoms with van der Waals surface area (Å²) in [4.78, 5) is 38.6. The van der Waals surface area contributed by atoms with Crippen LogP contribution in [0.3, 0.4) is 0 Å². The Morgan fingerprint density at radius 1 is 1.14 bits per heavy atom. The monoisotopic (exact) mass is 477 g/mol. The molecule has 1 heterocycles. The van der Waals surface area contributed by atoms with Crippen molar-refractivity contribution in [2.45, 2.75) is 18.6 Å². The van der Waals surface area contributed by atoms with Gasteiger partial charge >= 0.3 is 6.03 Å². The van der Waals surface area contributed by atoms with Gasteiger partial charge in [-0.05, 0) is 54.0 Å². The standard InChI is InChI=1S/C26H27N3O6/c1-34-20-11-9-19(10-12-20)27-22(30)15-29-25(32)23(28-26(29)33)24(31)18-7-3-5-16(13-18)17-6-4-8-21(14-17)35-2/h3-12,14,18,23-24,31H,13,15H2,1-2H3,(H,27,30)(H,28,33). The van der Waals surface area contributed by atoms with Gasteiger partial charge in [-0.25, -0.2) is 4.79 Å². The second kappa shape index (κ2) is 10.4. The van der Waals surface area contributed by atoms with Crippen molar-refractivity contribution in [3.8, 4) is 11.5 Å². The minimum absolute atomic E-state index is 0.400. The summed E-state index contributed by atoms with van der Waals surface area (Å²) < 4.78 is 10.4. The van der Waals surface area contributed by atoms with Gasteiger partial charge in [0.2, 0.25) is 5.91 Å². The molecule has 2 aromatic rings. The Balaban J connectivity index is 1.38. The number of aliphatic hydroxyl groups is 1. The summed E-state index contributed by atoms with van der Waals surface area (Å²) in [6, 6.07) is 12.4. The van der Waals surface area contributed by atoms with Gasteiger partial charge in [0.25, 0.3) is 5.91 Å². The number of nitrogens with one attached hydrogen (secondary N) is 2. The van der Waals surface area contributed by atoms with Gasteiger partial charge in [0.15, 0.2) is 0 Å². The zero-order chi connectivity index (χ0) is 24.9. The molecule has 2 aliphatic rings. The molecule has 1 aliphatic heterocycles. The number of anilines is 1. The molecule has 3 atom stereocenters. The third-order valence-electron chi connectivity index (χ3n) is 6.06. The molecule has 0 saturated carbocycles. The lowest BCUT2D eigenvalue weighted by atomic mass is 9.84. The first-order chi connectivity index (χ1) is 16.9. The van der Waals surface area contributed by atoms with E-state index in [9.17, 15) is 19.5 Å². The van der Waals surface area contributed by atoms with Crippen LogP contribution in [0.1, 0.15) is 12.0 Å². The zero-order valence-corrected chi connectivity index (χ0v) is 19.4. The number of methoxy groups -OCH3 is 2. The maximum atomic E-state index is 12.9. The zero-order valence-electron chi connectivity index (χ0n) is 19.4. The summed E-state index contributed by atoms with van der Waals surface area (Å²) in [5, 5.41) is 16.2. The smallest absolute Gasteiger partial charge is 0.325 e. The predicted molar refractivity (Wildman–Crippen MR) is 130 cm³/mol. The Hall–Kier alpha value is -4.11. The van der Waals surface area contributed by atoms with Gasteiger partial charge in [0.05, 0.1) is 20.3 Å².